The molecule has 0 aliphatic rings. The quantitative estimate of drug-likeness (QED) is 0.285. The number of halogens is 1. The molecular weight excluding hydrogens is 400 g/mol. The summed E-state index contributed by atoms with van der Waals surface area (Å²) in [7, 11) is 0. The Bertz CT molecular complexity index is 893. The van der Waals surface area contributed by atoms with Gasteiger partial charge in [-0.3, -0.25) is 4.79 Å². The summed E-state index contributed by atoms with van der Waals surface area (Å²) in [6.07, 6.45) is 1.77. The SMILES string of the molecule is O=C(CCc1ccc(OCCCOc2ccc(Cl)cc2)cc1)OCc1ccccc1. The molecule has 3 aromatic rings. The predicted octanol–water partition coefficient (Wildman–Crippen LogP) is 5.86. The first-order chi connectivity index (χ1) is 14.7. The molecule has 0 saturated carbocycles. The fourth-order valence-corrected chi connectivity index (χ4v) is 2.90. The molecular formula is C25H25ClO4. The van der Waals surface area contributed by atoms with Gasteiger partial charge in [-0.1, -0.05) is 54.1 Å². The highest BCUT2D eigenvalue weighted by Crippen LogP contribution is 2.16. The number of hydrogen-bond acceptors (Lipinski definition) is 4. The molecule has 0 saturated heterocycles. The summed E-state index contributed by atoms with van der Waals surface area (Å²) >= 11 is 5.85. The van der Waals surface area contributed by atoms with Gasteiger partial charge in [0, 0.05) is 17.9 Å². The van der Waals surface area contributed by atoms with Gasteiger partial charge in [-0.15, -0.1) is 0 Å². The lowest BCUT2D eigenvalue weighted by atomic mass is 10.1. The molecule has 0 aliphatic heterocycles. The van der Waals surface area contributed by atoms with Crippen molar-refractivity contribution in [1.29, 1.82) is 0 Å². The van der Waals surface area contributed by atoms with Crippen LogP contribution in [0.25, 0.3) is 0 Å². The number of benzene rings is 3. The molecule has 0 atom stereocenters. The number of hydrogen-bond donors (Lipinski definition) is 0. The summed E-state index contributed by atoms with van der Waals surface area (Å²) in [5, 5.41) is 0.693. The van der Waals surface area contributed by atoms with Crippen LogP contribution >= 0.6 is 11.6 Å². The molecule has 0 aromatic heterocycles. The Hall–Kier alpha value is -2.98. The summed E-state index contributed by atoms with van der Waals surface area (Å²) in [5.74, 6) is 1.41. The van der Waals surface area contributed by atoms with Crippen LogP contribution < -0.4 is 9.47 Å². The maximum atomic E-state index is 11.9. The lowest BCUT2D eigenvalue weighted by Gasteiger charge is -2.09. The number of carbonyl (C=O) groups is 1. The Balaban J connectivity index is 1.29. The first-order valence-corrected chi connectivity index (χ1v) is 10.4. The fourth-order valence-electron chi connectivity index (χ4n) is 2.78. The van der Waals surface area contributed by atoms with Gasteiger partial charge in [-0.25, -0.2) is 0 Å². The molecule has 0 spiro atoms. The molecule has 30 heavy (non-hydrogen) atoms. The maximum absolute atomic E-state index is 11.9. The summed E-state index contributed by atoms with van der Waals surface area (Å²) in [4.78, 5) is 11.9. The van der Waals surface area contributed by atoms with E-state index in [1.807, 2.05) is 66.7 Å². The highest BCUT2D eigenvalue weighted by Gasteiger charge is 2.05. The van der Waals surface area contributed by atoms with Crippen molar-refractivity contribution in [3.8, 4) is 11.5 Å². The molecule has 0 radical (unpaired) electrons. The largest absolute Gasteiger partial charge is 0.493 e. The van der Waals surface area contributed by atoms with Crippen molar-refractivity contribution in [3.05, 3.63) is 95.0 Å². The number of ether oxygens (including phenoxy) is 3. The Morgan fingerprint density at radius 3 is 1.97 bits per heavy atom. The Labute approximate surface area is 182 Å². The van der Waals surface area contributed by atoms with E-state index in [9.17, 15) is 4.79 Å². The minimum atomic E-state index is -0.195. The highest BCUT2D eigenvalue weighted by atomic mass is 35.5. The standard InChI is InChI=1S/C25H25ClO4/c26-22-10-14-24(15-11-22)29-18-4-17-28-23-12-7-20(8-13-23)9-16-25(27)30-19-21-5-2-1-3-6-21/h1-3,5-8,10-15H,4,9,16-19H2. The van der Waals surface area contributed by atoms with Crippen molar-refractivity contribution in [2.45, 2.75) is 25.9 Å². The number of rotatable bonds is 11. The average molecular weight is 425 g/mol. The van der Waals surface area contributed by atoms with Gasteiger partial charge >= 0.3 is 5.97 Å². The van der Waals surface area contributed by atoms with Gasteiger partial charge in [-0.05, 0) is 53.9 Å². The molecule has 0 N–H and O–H groups in total. The number of carbonyl (C=O) groups excluding carboxylic acids is 1. The van der Waals surface area contributed by atoms with Crippen LogP contribution in [0, 0.1) is 0 Å². The van der Waals surface area contributed by atoms with E-state index in [-0.39, 0.29) is 5.97 Å². The zero-order valence-electron chi connectivity index (χ0n) is 16.8. The van der Waals surface area contributed by atoms with Crippen molar-refractivity contribution in [2.24, 2.45) is 0 Å². The summed E-state index contributed by atoms with van der Waals surface area (Å²) < 4.78 is 16.7. The summed E-state index contributed by atoms with van der Waals surface area (Å²) in [6, 6.07) is 24.8. The fraction of sp³-hybridized carbons (Fsp3) is 0.240. The lowest BCUT2D eigenvalue weighted by molar-refractivity contribution is -0.144. The van der Waals surface area contributed by atoms with E-state index in [1.165, 1.54) is 0 Å². The Morgan fingerprint density at radius 1 is 0.733 bits per heavy atom. The highest BCUT2D eigenvalue weighted by molar-refractivity contribution is 6.30. The van der Waals surface area contributed by atoms with Gasteiger partial charge < -0.3 is 14.2 Å². The first-order valence-electron chi connectivity index (χ1n) is 9.99. The molecule has 0 bridgehead atoms. The van der Waals surface area contributed by atoms with Gasteiger partial charge in [0.25, 0.3) is 0 Å². The third-order valence-corrected chi connectivity index (χ3v) is 4.68. The van der Waals surface area contributed by atoms with E-state index in [4.69, 9.17) is 25.8 Å². The second-order valence-electron chi connectivity index (χ2n) is 6.79. The Kier molecular flexibility index (Phi) is 8.61. The molecule has 3 aromatic carbocycles. The molecule has 156 valence electrons. The minimum absolute atomic E-state index is 0.195. The van der Waals surface area contributed by atoms with Gasteiger partial charge in [0.15, 0.2) is 0 Å². The molecule has 0 amide bonds. The summed E-state index contributed by atoms with van der Waals surface area (Å²) in [6.45, 7) is 1.46. The van der Waals surface area contributed by atoms with Crippen LogP contribution in [-0.4, -0.2) is 19.2 Å². The zero-order valence-corrected chi connectivity index (χ0v) is 17.5. The van der Waals surface area contributed by atoms with Crippen LogP contribution in [0.15, 0.2) is 78.9 Å². The average Bonchev–Trinajstić information content (AvgIpc) is 2.79. The monoisotopic (exact) mass is 424 g/mol. The van der Waals surface area contributed by atoms with Crippen molar-refractivity contribution in [1.82, 2.24) is 0 Å². The molecule has 4 nitrogen and oxygen atoms in total. The van der Waals surface area contributed by atoms with Crippen LogP contribution in [0.2, 0.25) is 5.02 Å². The van der Waals surface area contributed by atoms with Crippen LogP contribution in [-0.2, 0) is 22.6 Å². The van der Waals surface area contributed by atoms with Crippen LogP contribution in [0.3, 0.4) is 0 Å². The van der Waals surface area contributed by atoms with Crippen LogP contribution in [0.4, 0.5) is 0 Å². The third-order valence-electron chi connectivity index (χ3n) is 4.42. The van der Waals surface area contributed by atoms with Crippen molar-refractivity contribution >= 4 is 17.6 Å². The zero-order chi connectivity index (χ0) is 21.0. The molecule has 0 fully saturated rings. The van der Waals surface area contributed by atoms with E-state index in [1.54, 1.807) is 12.1 Å². The van der Waals surface area contributed by atoms with E-state index in [2.05, 4.69) is 0 Å². The number of esters is 1. The number of aryl methyl sites for hydroxylation is 1. The van der Waals surface area contributed by atoms with Crippen LogP contribution in [0.1, 0.15) is 24.0 Å². The maximum Gasteiger partial charge on any atom is 0.306 e. The van der Waals surface area contributed by atoms with Crippen LogP contribution in [0.5, 0.6) is 11.5 Å². The topological polar surface area (TPSA) is 44.8 Å². The second kappa shape index (κ2) is 11.9. The summed E-state index contributed by atoms with van der Waals surface area (Å²) in [5.41, 5.74) is 2.07. The van der Waals surface area contributed by atoms with Gasteiger partial charge in [-0.2, -0.15) is 0 Å². The lowest BCUT2D eigenvalue weighted by Crippen LogP contribution is -2.06. The van der Waals surface area contributed by atoms with Gasteiger partial charge in [0.2, 0.25) is 0 Å². The normalized spacial score (nSPS) is 10.4. The molecule has 0 unspecified atom stereocenters. The first kappa shape index (κ1) is 21.7. The molecule has 3 rings (SSSR count). The van der Waals surface area contributed by atoms with E-state index >= 15 is 0 Å². The van der Waals surface area contributed by atoms with Crippen molar-refractivity contribution in [2.75, 3.05) is 13.2 Å². The van der Waals surface area contributed by atoms with Gasteiger partial charge in [0.05, 0.1) is 13.2 Å². The smallest absolute Gasteiger partial charge is 0.306 e. The molecule has 0 aliphatic carbocycles. The van der Waals surface area contributed by atoms with E-state index in [0.29, 0.717) is 37.7 Å². The van der Waals surface area contributed by atoms with Crippen molar-refractivity contribution < 1.29 is 19.0 Å². The molecule has 5 heteroatoms. The predicted molar refractivity (Wildman–Crippen MR) is 118 cm³/mol. The molecule has 0 heterocycles. The minimum Gasteiger partial charge on any atom is -0.493 e. The van der Waals surface area contributed by atoms with Crippen molar-refractivity contribution in [3.63, 3.8) is 0 Å². The second-order valence-corrected chi connectivity index (χ2v) is 7.23. The van der Waals surface area contributed by atoms with Gasteiger partial charge in [0.1, 0.15) is 18.1 Å². The van der Waals surface area contributed by atoms with E-state index < -0.39 is 0 Å². The Morgan fingerprint density at radius 2 is 1.33 bits per heavy atom. The third kappa shape index (κ3) is 7.80. The van der Waals surface area contributed by atoms with E-state index in [0.717, 1.165) is 29.0 Å².